The van der Waals surface area contributed by atoms with Crippen molar-refractivity contribution in [2.75, 3.05) is 0 Å². The second-order valence-electron chi connectivity index (χ2n) is 4.86. The van der Waals surface area contributed by atoms with E-state index in [0.717, 1.165) is 0 Å². The van der Waals surface area contributed by atoms with E-state index in [-0.39, 0.29) is 6.04 Å². The maximum absolute atomic E-state index is 6.39. The van der Waals surface area contributed by atoms with Crippen LogP contribution in [0.25, 0.3) is 10.9 Å². The van der Waals surface area contributed by atoms with Crippen molar-refractivity contribution in [2.24, 2.45) is 11.7 Å². The van der Waals surface area contributed by atoms with Crippen LogP contribution in [0, 0.1) is 5.92 Å². The zero-order valence-corrected chi connectivity index (χ0v) is 9.45. The fourth-order valence-corrected chi connectivity index (χ4v) is 2.94. The number of hydrogen-bond donors (Lipinski definition) is 2. The van der Waals surface area contributed by atoms with Gasteiger partial charge in [-0.25, -0.2) is 0 Å². The van der Waals surface area contributed by atoms with E-state index in [1.54, 1.807) is 0 Å². The minimum absolute atomic E-state index is 0.207. The molecule has 16 heavy (non-hydrogen) atoms. The summed E-state index contributed by atoms with van der Waals surface area (Å²) < 4.78 is 0. The van der Waals surface area contributed by atoms with Gasteiger partial charge < -0.3 is 10.7 Å². The van der Waals surface area contributed by atoms with Crippen molar-refractivity contribution >= 4 is 10.9 Å². The summed E-state index contributed by atoms with van der Waals surface area (Å²) in [6.07, 6.45) is 7.37. The Balaban J connectivity index is 1.98. The van der Waals surface area contributed by atoms with Crippen molar-refractivity contribution < 1.29 is 0 Å². The molecule has 1 aliphatic carbocycles. The summed E-state index contributed by atoms with van der Waals surface area (Å²) in [5, 5.41) is 1.29. The largest absolute Gasteiger partial charge is 0.361 e. The van der Waals surface area contributed by atoms with Crippen LogP contribution >= 0.6 is 0 Å². The normalized spacial score (nSPS) is 19.3. The Kier molecular flexibility index (Phi) is 2.44. The monoisotopic (exact) mass is 214 g/mol. The molecule has 2 nitrogen and oxygen atoms in total. The van der Waals surface area contributed by atoms with E-state index in [1.807, 2.05) is 0 Å². The van der Waals surface area contributed by atoms with Crippen molar-refractivity contribution in [1.82, 2.24) is 4.98 Å². The number of H-pyrrole nitrogens is 1. The number of nitrogens with two attached hydrogens (primary N) is 1. The summed E-state index contributed by atoms with van der Waals surface area (Å²) in [5.41, 5.74) is 8.88. The Labute approximate surface area is 95.8 Å². The third-order valence-electron chi connectivity index (χ3n) is 3.89. The average Bonchev–Trinajstić information content (AvgIpc) is 2.98. The van der Waals surface area contributed by atoms with E-state index in [1.165, 1.54) is 42.1 Å². The van der Waals surface area contributed by atoms with Crippen LogP contribution in [0.4, 0.5) is 0 Å². The highest BCUT2D eigenvalue weighted by atomic mass is 14.7. The number of nitrogens with one attached hydrogen (secondary N) is 1. The number of rotatable bonds is 2. The lowest BCUT2D eigenvalue weighted by Crippen LogP contribution is -2.18. The molecule has 1 saturated carbocycles. The van der Waals surface area contributed by atoms with Gasteiger partial charge >= 0.3 is 0 Å². The molecular weight excluding hydrogens is 196 g/mol. The van der Waals surface area contributed by atoms with Crippen molar-refractivity contribution in [3.05, 3.63) is 36.0 Å². The lowest BCUT2D eigenvalue weighted by atomic mass is 9.92. The molecule has 0 saturated heterocycles. The minimum atomic E-state index is 0.207. The van der Waals surface area contributed by atoms with Gasteiger partial charge in [-0.2, -0.15) is 0 Å². The molecule has 0 spiro atoms. The standard InChI is InChI=1S/C14H18N2/c15-14(10-5-1-2-6-10)12-9-16-13-8-4-3-7-11(12)13/h3-4,7-10,14,16H,1-2,5-6,15H2/t14-/m0/s1. The van der Waals surface area contributed by atoms with E-state index >= 15 is 0 Å². The van der Waals surface area contributed by atoms with Crippen molar-refractivity contribution in [1.29, 1.82) is 0 Å². The van der Waals surface area contributed by atoms with Crippen LogP contribution in [-0.2, 0) is 0 Å². The first-order chi connectivity index (χ1) is 7.86. The molecule has 2 aromatic rings. The third kappa shape index (κ3) is 1.54. The molecule has 3 rings (SSSR count). The topological polar surface area (TPSA) is 41.8 Å². The van der Waals surface area contributed by atoms with Crippen LogP contribution in [0.5, 0.6) is 0 Å². The van der Waals surface area contributed by atoms with Crippen LogP contribution in [-0.4, -0.2) is 4.98 Å². The average molecular weight is 214 g/mol. The highest BCUT2D eigenvalue weighted by Crippen LogP contribution is 2.36. The molecule has 2 heteroatoms. The minimum Gasteiger partial charge on any atom is -0.361 e. The smallest absolute Gasteiger partial charge is 0.0457 e. The number of para-hydroxylation sites is 1. The van der Waals surface area contributed by atoms with E-state index < -0.39 is 0 Å². The Bertz CT molecular complexity index is 480. The van der Waals surface area contributed by atoms with E-state index in [9.17, 15) is 0 Å². The fraction of sp³-hybridized carbons (Fsp3) is 0.429. The molecule has 0 aliphatic heterocycles. The molecule has 84 valence electrons. The molecule has 1 heterocycles. The van der Waals surface area contributed by atoms with Gasteiger partial charge in [0.15, 0.2) is 0 Å². The summed E-state index contributed by atoms with van der Waals surface area (Å²) in [4.78, 5) is 3.31. The molecule has 3 N–H and O–H groups in total. The van der Waals surface area contributed by atoms with Gasteiger partial charge in [-0.3, -0.25) is 0 Å². The zero-order chi connectivity index (χ0) is 11.0. The van der Waals surface area contributed by atoms with Gasteiger partial charge in [0.1, 0.15) is 0 Å². The molecule has 1 atom stereocenters. The van der Waals surface area contributed by atoms with E-state index in [0.29, 0.717) is 5.92 Å². The Morgan fingerprint density at radius 3 is 2.75 bits per heavy atom. The highest BCUT2D eigenvalue weighted by molar-refractivity contribution is 5.83. The number of aromatic nitrogens is 1. The van der Waals surface area contributed by atoms with Crippen molar-refractivity contribution in [2.45, 2.75) is 31.7 Å². The third-order valence-corrected chi connectivity index (χ3v) is 3.89. The van der Waals surface area contributed by atoms with Gasteiger partial charge in [0.05, 0.1) is 0 Å². The maximum atomic E-state index is 6.39. The van der Waals surface area contributed by atoms with Gasteiger partial charge in [0.25, 0.3) is 0 Å². The molecule has 0 unspecified atom stereocenters. The number of benzene rings is 1. The fourth-order valence-electron chi connectivity index (χ4n) is 2.94. The molecular formula is C14H18N2. The maximum Gasteiger partial charge on any atom is 0.0457 e. The second kappa shape index (κ2) is 3.95. The van der Waals surface area contributed by atoms with Crippen molar-refractivity contribution in [3.63, 3.8) is 0 Å². The predicted molar refractivity (Wildman–Crippen MR) is 67.2 cm³/mol. The number of hydrogen-bond acceptors (Lipinski definition) is 1. The molecule has 1 aromatic carbocycles. The Morgan fingerprint density at radius 1 is 1.19 bits per heavy atom. The summed E-state index contributed by atoms with van der Waals surface area (Å²) >= 11 is 0. The molecule has 0 radical (unpaired) electrons. The molecule has 1 aliphatic rings. The van der Waals surface area contributed by atoms with E-state index in [4.69, 9.17) is 5.73 Å². The van der Waals surface area contributed by atoms with Gasteiger partial charge in [-0.1, -0.05) is 31.0 Å². The quantitative estimate of drug-likeness (QED) is 0.790. The lowest BCUT2D eigenvalue weighted by molar-refractivity contribution is 0.447. The van der Waals surface area contributed by atoms with Gasteiger partial charge in [-0.15, -0.1) is 0 Å². The Hall–Kier alpha value is -1.28. The lowest BCUT2D eigenvalue weighted by Gasteiger charge is -2.18. The van der Waals surface area contributed by atoms with Gasteiger partial charge in [0, 0.05) is 23.1 Å². The van der Waals surface area contributed by atoms with Crippen LogP contribution in [0.2, 0.25) is 0 Å². The first-order valence-electron chi connectivity index (χ1n) is 6.18. The van der Waals surface area contributed by atoms with Crippen LogP contribution in [0.15, 0.2) is 30.5 Å². The molecule has 1 aromatic heterocycles. The number of fused-ring (bicyclic) bond motifs is 1. The van der Waals surface area contributed by atoms with Crippen LogP contribution in [0.3, 0.4) is 0 Å². The summed E-state index contributed by atoms with van der Waals surface area (Å²) in [7, 11) is 0. The van der Waals surface area contributed by atoms with Gasteiger partial charge in [0.2, 0.25) is 0 Å². The van der Waals surface area contributed by atoms with Gasteiger partial charge in [-0.05, 0) is 30.4 Å². The Morgan fingerprint density at radius 2 is 1.94 bits per heavy atom. The van der Waals surface area contributed by atoms with E-state index in [2.05, 4.69) is 35.4 Å². The first-order valence-corrected chi connectivity index (χ1v) is 6.18. The SMILES string of the molecule is N[C@H](c1c[nH]c2ccccc12)C1CCCC1. The number of aromatic amines is 1. The summed E-state index contributed by atoms with van der Waals surface area (Å²) in [6, 6.07) is 8.62. The molecule has 0 bridgehead atoms. The summed E-state index contributed by atoms with van der Waals surface area (Å²) in [5.74, 6) is 0.680. The second-order valence-corrected chi connectivity index (χ2v) is 4.86. The first kappa shape index (κ1) is 9.91. The summed E-state index contributed by atoms with van der Waals surface area (Å²) in [6.45, 7) is 0. The van der Waals surface area contributed by atoms with Crippen molar-refractivity contribution in [3.8, 4) is 0 Å². The highest BCUT2D eigenvalue weighted by Gasteiger charge is 2.24. The van der Waals surface area contributed by atoms with Crippen LogP contribution in [0.1, 0.15) is 37.3 Å². The molecule has 1 fully saturated rings. The predicted octanol–water partition coefficient (Wildman–Crippen LogP) is 3.36. The van der Waals surface area contributed by atoms with Crippen LogP contribution < -0.4 is 5.73 Å². The zero-order valence-electron chi connectivity index (χ0n) is 9.45. The molecule has 0 amide bonds.